The molecule has 0 spiro atoms. The minimum absolute atomic E-state index is 0.306. The second kappa shape index (κ2) is 4.96. The Morgan fingerprint density at radius 1 is 1.47 bits per heavy atom. The maximum atomic E-state index is 11.5. The molecule has 0 aliphatic rings. The van der Waals surface area contributed by atoms with Gasteiger partial charge in [-0.15, -0.1) is 12.6 Å². The molecule has 0 saturated carbocycles. The fourth-order valence-corrected chi connectivity index (χ4v) is 1.57. The smallest absolute Gasteiger partial charge is 0.342 e. The number of hydrogen-bond donors (Lipinski definition) is 1. The zero-order chi connectivity index (χ0) is 12.3. The average Bonchev–Trinajstić information content (AvgIpc) is 2.72. The van der Waals surface area contributed by atoms with Crippen LogP contribution >= 0.6 is 12.6 Å². The van der Waals surface area contributed by atoms with Crippen molar-refractivity contribution in [2.75, 3.05) is 6.61 Å². The van der Waals surface area contributed by atoms with Crippen LogP contribution in [0.2, 0.25) is 0 Å². The van der Waals surface area contributed by atoms with Crippen molar-refractivity contribution < 1.29 is 9.53 Å². The Morgan fingerprint density at radius 3 is 2.94 bits per heavy atom. The van der Waals surface area contributed by atoms with Crippen LogP contribution in [0.1, 0.15) is 17.3 Å². The number of aromatic nitrogens is 4. The van der Waals surface area contributed by atoms with Crippen molar-refractivity contribution in [1.82, 2.24) is 19.7 Å². The molecule has 6 nitrogen and oxygen atoms in total. The van der Waals surface area contributed by atoms with Crippen LogP contribution in [0.15, 0.2) is 29.8 Å². The summed E-state index contributed by atoms with van der Waals surface area (Å²) < 4.78 is 6.30. The molecule has 2 aromatic heterocycles. The van der Waals surface area contributed by atoms with Crippen molar-refractivity contribution in [3.63, 3.8) is 0 Å². The first-order valence-electron chi connectivity index (χ1n) is 4.94. The lowest BCUT2D eigenvalue weighted by Gasteiger charge is -2.02. The summed E-state index contributed by atoms with van der Waals surface area (Å²) in [5, 5.41) is 4.40. The number of carbonyl (C=O) groups excluding carboxylic acids is 1. The van der Waals surface area contributed by atoms with E-state index < -0.39 is 5.97 Å². The van der Waals surface area contributed by atoms with E-state index >= 15 is 0 Å². The second-order valence-corrected chi connectivity index (χ2v) is 3.50. The minimum atomic E-state index is -0.451. The van der Waals surface area contributed by atoms with Gasteiger partial charge in [-0.3, -0.25) is 4.98 Å². The number of ether oxygens (including phenoxy) is 1. The van der Waals surface area contributed by atoms with Gasteiger partial charge >= 0.3 is 5.97 Å². The topological polar surface area (TPSA) is 69.9 Å². The van der Waals surface area contributed by atoms with Gasteiger partial charge in [0.15, 0.2) is 5.82 Å². The highest BCUT2D eigenvalue weighted by atomic mass is 32.1. The molecule has 2 aromatic rings. The molecule has 0 aliphatic heterocycles. The van der Waals surface area contributed by atoms with Gasteiger partial charge in [-0.1, -0.05) is 0 Å². The monoisotopic (exact) mass is 250 g/mol. The third-order valence-electron chi connectivity index (χ3n) is 2.01. The largest absolute Gasteiger partial charge is 0.462 e. The standard InChI is InChI=1S/C10H10N4O2S/c1-2-16-10(15)7-5-13-14(9(7)17)8-6-11-3-4-12-8/h3-6,17H,2H2,1H3. The van der Waals surface area contributed by atoms with Gasteiger partial charge in [0.2, 0.25) is 0 Å². The summed E-state index contributed by atoms with van der Waals surface area (Å²) in [6.45, 7) is 2.05. The molecule has 0 saturated heterocycles. The zero-order valence-electron chi connectivity index (χ0n) is 9.07. The van der Waals surface area contributed by atoms with Crippen molar-refractivity contribution in [2.45, 2.75) is 11.9 Å². The Morgan fingerprint density at radius 2 is 2.29 bits per heavy atom. The van der Waals surface area contributed by atoms with Gasteiger partial charge in [-0.05, 0) is 6.92 Å². The van der Waals surface area contributed by atoms with E-state index in [9.17, 15) is 4.79 Å². The van der Waals surface area contributed by atoms with Crippen molar-refractivity contribution in [3.05, 3.63) is 30.4 Å². The van der Waals surface area contributed by atoms with E-state index in [2.05, 4.69) is 27.7 Å². The van der Waals surface area contributed by atoms with Crippen LogP contribution in [0.3, 0.4) is 0 Å². The van der Waals surface area contributed by atoms with E-state index in [4.69, 9.17) is 4.74 Å². The van der Waals surface area contributed by atoms with Crippen LogP contribution in [-0.4, -0.2) is 32.3 Å². The lowest BCUT2D eigenvalue weighted by molar-refractivity contribution is 0.0522. The number of esters is 1. The Labute approximate surface area is 103 Å². The van der Waals surface area contributed by atoms with E-state index in [1.165, 1.54) is 23.3 Å². The molecule has 88 valence electrons. The molecule has 0 bridgehead atoms. The van der Waals surface area contributed by atoms with Crippen molar-refractivity contribution in [1.29, 1.82) is 0 Å². The number of thiol groups is 1. The van der Waals surface area contributed by atoms with Gasteiger partial charge in [0, 0.05) is 12.4 Å². The fourth-order valence-electron chi connectivity index (χ4n) is 1.26. The molecule has 0 fully saturated rings. The predicted molar refractivity (Wildman–Crippen MR) is 62.4 cm³/mol. The third kappa shape index (κ3) is 2.28. The molecule has 0 atom stereocenters. The van der Waals surface area contributed by atoms with E-state index in [1.54, 1.807) is 13.1 Å². The Hall–Kier alpha value is -1.89. The minimum Gasteiger partial charge on any atom is -0.462 e. The van der Waals surface area contributed by atoms with E-state index in [1.807, 2.05) is 0 Å². The summed E-state index contributed by atoms with van der Waals surface area (Å²) in [7, 11) is 0. The van der Waals surface area contributed by atoms with Crippen LogP contribution in [0.25, 0.3) is 5.82 Å². The van der Waals surface area contributed by atoms with Crippen LogP contribution in [-0.2, 0) is 4.74 Å². The van der Waals surface area contributed by atoms with E-state index in [-0.39, 0.29) is 0 Å². The zero-order valence-corrected chi connectivity index (χ0v) is 9.96. The van der Waals surface area contributed by atoms with Crippen molar-refractivity contribution in [2.24, 2.45) is 0 Å². The first kappa shape index (κ1) is 11.6. The van der Waals surface area contributed by atoms with Gasteiger partial charge in [-0.25, -0.2) is 14.5 Å². The molecule has 0 aromatic carbocycles. The molecule has 0 unspecified atom stereocenters. The quantitative estimate of drug-likeness (QED) is 0.653. The molecule has 0 aliphatic carbocycles. The lowest BCUT2D eigenvalue weighted by Crippen LogP contribution is -2.06. The third-order valence-corrected chi connectivity index (χ3v) is 2.44. The number of hydrogen-bond acceptors (Lipinski definition) is 6. The van der Waals surface area contributed by atoms with Gasteiger partial charge in [0.25, 0.3) is 0 Å². The number of carbonyl (C=O) groups is 1. The first-order valence-corrected chi connectivity index (χ1v) is 5.39. The fraction of sp³-hybridized carbons (Fsp3) is 0.200. The molecule has 7 heteroatoms. The normalized spacial score (nSPS) is 10.2. The maximum absolute atomic E-state index is 11.5. The van der Waals surface area contributed by atoms with Crippen LogP contribution < -0.4 is 0 Å². The molecule has 2 heterocycles. The maximum Gasteiger partial charge on any atom is 0.342 e. The Bertz CT molecular complexity index is 526. The van der Waals surface area contributed by atoms with Crippen LogP contribution in [0.4, 0.5) is 0 Å². The van der Waals surface area contributed by atoms with Crippen LogP contribution in [0, 0.1) is 0 Å². The summed E-state index contributed by atoms with van der Waals surface area (Å²) in [5.74, 6) is 0.0423. The summed E-state index contributed by atoms with van der Waals surface area (Å²) in [6, 6.07) is 0. The van der Waals surface area contributed by atoms with Gasteiger partial charge in [0.1, 0.15) is 10.6 Å². The van der Waals surface area contributed by atoms with E-state index in [0.29, 0.717) is 23.0 Å². The molecule has 0 radical (unpaired) electrons. The van der Waals surface area contributed by atoms with E-state index in [0.717, 1.165) is 0 Å². The summed E-state index contributed by atoms with van der Waals surface area (Å²) in [6.07, 6.45) is 6.02. The summed E-state index contributed by atoms with van der Waals surface area (Å²) in [4.78, 5) is 19.5. The number of nitrogens with zero attached hydrogens (tertiary/aromatic N) is 4. The van der Waals surface area contributed by atoms with Crippen molar-refractivity contribution >= 4 is 18.6 Å². The SMILES string of the molecule is CCOC(=O)c1cnn(-c2cnccn2)c1S. The molecule has 0 N–H and O–H groups in total. The second-order valence-electron chi connectivity index (χ2n) is 3.08. The highest BCUT2D eigenvalue weighted by Gasteiger charge is 2.17. The Balaban J connectivity index is 2.37. The summed E-state index contributed by atoms with van der Waals surface area (Å²) >= 11 is 4.24. The molecule has 17 heavy (non-hydrogen) atoms. The average molecular weight is 250 g/mol. The molecule has 2 rings (SSSR count). The van der Waals surface area contributed by atoms with Gasteiger partial charge < -0.3 is 4.74 Å². The predicted octanol–water partition coefficient (Wildman–Crippen LogP) is 1.13. The highest BCUT2D eigenvalue weighted by molar-refractivity contribution is 7.80. The molecular formula is C10H10N4O2S. The van der Waals surface area contributed by atoms with Gasteiger partial charge in [-0.2, -0.15) is 5.10 Å². The molecule has 0 amide bonds. The number of rotatable bonds is 3. The highest BCUT2D eigenvalue weighted by Crippen LogP contribution is 2.17. The Kier molecular flexibility index (Phi) is 3.38. The van der Waals surface area contributed by atoms with Crippen LogP contribution in [0.5, 0.6) is 0 Å². The lowest BCUT2D eigenvalue weighted by atomic mass is 10.4. The van der Waals surface area contributed by atoms with Crippen molar-refractivity contribution in [3.8, 4) is 5.82 Å². The first-order chi connectivity index (χ1) is 8.24. The summed E-state index contributed by atoms with van der Waals surface area (Å²) in [5.41, 5.74) is 0.306. The molecular weight excluding hydrogens is 240 g/mol. The van der Waals surface area contributed by atoms with Gasteiger partial charge in [0.05, 0.1) is 19.0 Å².